The van der Waals surface area contributed by atoms with Gasteiger partial charge in [0.1, 0.15) is 0 Å². The highest BCUT2D eigenvalue weighted by Crippen LogP contribution is 2.52. The maximum atomic E-state index is 5.22. The van der Waals surface area contributed by atoms with Crippen molar-refractivity contribution in [2.45, 2.75) is 19.3 Å². The molecule has 0 atom stereocenters. The Labute approximate surface area is 309 Å². The third-order valence-corrected chi connectivity index (χ3v) is 11.0. The van der Waals surface area contributed by atoms with Gasteiger partial charge in [0.05, 0.1) is 22.4 Å². The van der Waals surface area contributed by atoms with E-state index in [-0.39, 0.29) is 5.41 Å². The van der Waals surface area contributed by atoms with Crippen LogP contribution in [-0.4, -0.2) is 15.0 Å². The van der Waals surface area contributed by atoms with Crippen molar-refractivity contribution in [1.82, 2.24) is 15.0 Å². The Kier molecular flexibility index (Phi) is 7.16. The molecule has 0 spiro atoms. The molecule has 3 nitrogen and oxygen atoms in total. The molecule has 10 rings (SSSR count). The molecule has 6 aromatic carbocycles. The van der Waals surface area contributed by atoms with Crippen LogP contribution in [0.25, 0.3) is 88.8 Å². The van der Waals surface area contributed by atoms with Crippen LogP contribution in [0.2, 0.25) is 0 Å². The highest BCUT2D eigenvalue weighted by atomic mass is 14.7. The van der Waals surface area contributed by atoms with Gasteiger partial charge in [-0.1, -0.05) is 123 Å². The molecular weight excluding hydrogens is 643 g/mol. The van der Waals surface area contributed by atoms with Crippen molar-refractivity contribution < 1.29 is 0 Å². The second-order valence-electron chi connectivity index (χ2n) is 14.5. The molecule has 0 unspecified atom stereocenters. The van der Waals surface area contributed by atoms with Gasteiger partial charge >= 0.3 is 0 Å². The van der Waals surface area contributed by atoms with Crippen LogP contribution in [0.15, 0.2) is 176 Å². The Morgan fingerprint density at radius 1 is 0.377 bits per heavy atom. The number of rotatable bonds is 5. The molecular formula is C50H35N3. The van der Waals surface area contributed by atoms with Gasteiger partial charge in [-0.25, -0.2) is 4.98 Å². The van der Waals surface area contributed by atoms with Crippen LogP contribution in [0, 0.1) is 0 Å². The molecule has 0 aliphatic heterocycles. The normalized spacial score (nSPS) is 12.9. The van der Waals surface area contributed by atoms with Gasteiger partial charge in [0.2, 0.25) is 0 Å². The summed E-state index contributed by atoms with van der Waals surface area (Å²) >= 11 is 0. The van der Waals surface area contributed by atoms with Gasteiger partial charge in [0.15, 0.2) is 0 Å². The highest BCUT2D eigenvalue weighted by Gasteiger charge is 2.36. The monoisotopic (exact) mass is 677 g/mol. The predicted octanol–water partition coefficient (Wildman–Crippen LogP) is 12.8. The van der Waals surface area contributed by atoms with E-state index in [1.807, 2.05) is 24.5 Å². The maximum Gasteiger partial charge on any atom is 0.0715 e. The Balaban J connectivity index is 1.04. The van der Waals surface area contributed by atoms with Gasteiger partial charge in [-0.2, -0.15) is 0 Å². The van der Waals surface area contributed by atoms with Crippen molar-refractivity contribution in [3.8, 4) is 67.0 Å². The summed E-state index contributed by atoms with van der Waals surface area (Å²) in [4.78, 5) is 14.3. The summed E-state index contributed by atoms with van der Waals surface area (Å²) in [6.07, 6.45) is 3.67. The van der Waals surface area contributed by atoms with E-state index in [4.69, 9.17) is 4.98 Å². The SMILES string of the molecule is CC1(C)c2ccccc2-c2c(-c3cccc(-c4ccc(-c5cc(-c6ccc7ncccc7c6)nc(-c6ccc7ncccc7c6)c5)cc4)c3)cccc21. The zero-order valence-electron chi connectivity index (χ0n) is 29.6. The Morgan fingerprint density at radius 3 is 1.60 bits per heavy atom. The summed E-state index contributed by atoms with van der Waals surface area (Å²) in [5.74, 6) is 0. The molecule has 1 aliphatic rings. The second kappa shape index (κ2) is 12.2. The van der Waals surface area contributed by atoms with Crippen molar-refractivity contribution in [1.29, 1.82) is 0 Å². The van der Waals surface area contributed by atoms with Crippen molar-refractivity contribution in [3.05, 3.63) is 187 Å². The molecule has 0 N–H and O–H groups in total. The van der Waals surface area contributed by atoms with Crippen LogP contribution in [0.3, 0.4) is 0 Å². The summed E-state index contributed by atoms with van der Waals surface area (Å²) in [6, 6.07) is 58.9. The summed E-state index contributed by atoms with van der Waals surface area (Å²) in [6.45, 7) is 4.68. The van der Waals surface area contributed by atoms with E-state index in [0.717, 1.165) is 55.4 Å². The molecule has 53 heavy (non-hydrogen) atoms. The Hall–Kier alpha value is -6.71. The zero-order valence-corrected chi connectivity index (χ0v) is 29.6. The van der Waals surface area contributed by atoms with Crippen LogP contribution in [-0.2, 0) is 5.41 Å². The van der Waals surface area contributed by atoms with Crippen LogP contribution >= 0.6 is 0 Å². The number of aromatic nitrogens is 3. The molecule has 0 saturated heterocycles. The van der Waals surface area contributed by atoms with E-state index >= 15 is 0 Å². The van der Waals surface area contributed by atoms with Crippen LogP contribution in [0.4, 0.5) is 0 Å². The molecule has 0 saturated carbocycles. The fraction of sp³-hybridized carbons (Fsp3) is 0.0600. The minimum atomic E-state index is -0.0287. The van der Waals surface area contributed by atoms with E-state index in [0.29, 0.717) is 0 Å². The molecule has 3 heterocycles. The first-order valence-electron chi connectivity index (χ1n) is 18.2. The molecule has 3 heteroatoms. The minimum absolute atomic E-state index is 0.0287. The molecule has 1 aliphatic carbocycles. The van der Waals surface area contributed by atoms with Crippen molar-refractivity contribution >= 4 is 21.8 Å². The standard InChI is InChI=1S/C50H35N3/c1-50(2)43-15-4-3-13-42(43)49-41(14-6-16-44(49)50)35-10-5-9-34(27-35)32-17-19-33(20-18-32)40-30-47(38-21-23-45-36(28-38)11-7-25-51-45)53-48(31-40)39-22-24-46-37(29-39)12-8-26-52-46/h3-31H,1-2H3. The lowest BCUT2D eigenvalue weighted by atomic mass is 9.82. The molecule has 250 valence electrons. The van der Waals surface area contributed by atoms with E-state index in [9.17, 15) is 0 Å². The number of fused-ring (bicyclic) bond motifs is 5. The fourth-order valence-corrected chi connectivity index (χ4v) is 8.18. The number of pyridine rings is 3. The van der Waals surface area contributed by atoms with Gasteiger partial charge in [-0.3, -0.25) is 9.97 Å². The van der Waals surface area contributed by atoms with Gasteiger partial charge in [0, 0.05) is 39.7 Å². The van der Waals surface area contributed by atoms with Crippen LogP contribution < -0.4 is 0 Å². The van der Waals surface area contributed by atoms with Crippen LogP contribution in [0.1, 0.15) is 25.0 Å². The summed E-state index contributed by atoms with van der Waals surface area (Å²) < 4.78 is 0. The first kappa shape index (κ1) is 31.1. The zero-order chi connectivity index (χ0) is 35.5. The summed E-state index contributed by atoms with van der Waals surface area (Å²) in [7, 11) is 0. The quantitative estimate of drug-likeness (QED) is 0.182. The first-order valence-corrected chi connectivity index (χ1v) is 18.2. The van der Waals surface area contributed by atoms with Crippen molar-refractivity contribution in [3.63, 3.8) is 0 Å². The summed E-state index contributed by atoms with van der Waals surface area (Å²) in [5.41, 5.74) is 18.5. The lowest BCUT2D eigenvalue weighted by Crippen LogP contribution is -2.14. The highest BCUT2D eigenvalue weighted by molar-refractivity contribution is 5.93. The van der Waals surface area contributed by atoms with Crippen molar-refractivity contribution in [2.24, 2.45) is 0 Å². The van der Waals surface area contributed by atoms with Crippen molar-refractivity contribution in [2.75, 3.05) is 0 Å². The van der Waals surface area contributed by atoms with Crippen LogP contribution in [0.5, 0.6) is 0 Å². The molecule has 0 fully saturated rings. The smallest absolute Gasteiger partial charge is 0.0715 e. The molecule has 0 radical (unpaired) electrons. The average molecular weight is 678 g/mol. The van der Waals surface area contributed by atoms with E-state index in [1.165, 1.54) is 44.5 Å². The van der Waals surface area contributed by atoms with E-state index in [1.54, 1.807) is 0 Å². The summed E-state index contributed by atoms with van der Waals surface area (Å²) in [5, 5.41) is 2.19. The lowest BCUT2D eigenvalue weighted by Gasteiger charge is -2.21. The molecule has 9 aromatic rings. The maximum absolute atomic E-state index is 5.22. The van der Waals surface area contributed by atoms with Gasteiger partial charge < -0.3 is 0 Å². The third kappa shape index (κ3) is 5.32. The van der Waals surface area contributed by atoms with Gasteiger partial charge in [-0.15, -0.1) is 0 Å². The number of hydrogen-bond acceptors (Lipinski definition) is 3. The largest absolute Gasteiger partial charge is 0.256 e. The Morgan fingerprint density at radius 2 is 0.925 bits per heavy atom. The molecule has 0 bridgehead atoms. The number of hydrogen-bond donors (Lipinski definition) is 0. The predicted molar refractivity (Wildman–Crippen MR) is 220 cm³/mol. The fourth-order valence-electron chi connectivity index (χ4n) is 8.18. The first-order chi connectivity index (χ1) is 26.0. The lowest BCUT2D eigenvalue weighted by molar-refractivity contribution is 0.660. The Bertz CT molecular complexity index is 2770. The van der Waals surface area contributed by atoms with E-state index < -0.39 is 0 Å². The molecule has 0 amide bonds. The average Bonchev–Trinajstić information content (AvgIpc) is 3.46. The minimum Gasteiger partial charge on any atom is -0.256 e. The number of benzene rings is 6. The third-order valence-electron chi connectivity index (χ3n) is 11.0. The second-order valence-corrected chi connectivity index (χ2v) is 14.5. The van der Waals surface area contributed by atoms with Gasteiger partial charge in [0.25, 0.3) is 0 Å². The van der Waals surface area contributed by atoms with E-state index in [2.05, 4.69) is 175 Å². The topological polar surface area (TPSA) is 38.7 Å². The van der Waals surface area contributed by atoms with Gasteiger partial charge in [-0.05, 0) is 110 Å². The molecule has 3 aromatic heterocycles. The number of nitrogens with zero attached hydrogens (tertiary/aromatic N) is 3.